The maximum Gasteiger partial charge on any atom is 0.270 e. The molecule has 0 radical (unpaired) electrons. The molecule has 5 rings (SSSR count). The van der Waals surface area contributed by atoms with Crippen LogP contribution < -0.4 is 5.32 Å². The Balaban J connectivity index is 1.43. The number of amides is 2. The van der Waals surface area contributed by atoms with Crippen LogP contribution in [0.1, 0.15) is 28.5 Å². The fraction of sp³-hybridized carbons (Fsp3) is 0.226. The summed E-state index contributed by atoms with van der Waals surface area (Å²) in [6.45, 7) is 6.49. The number of rotatable bonds is 7. The van der Waals surface area contributed by atoms with Gasteiger partial charge in [-0.05, 0) is 60.1 Å². The van der Waals surface area contributed by atoms with Gasteiger partial charge >= 0.3 is 0 Å². The second-order valence-electron chi connectivity index (χ2n) is 9.48. The minimum Gasteiger partial charge on any atom is -0.335 e. The molecular formula is C31H31FN4O2. The van der Waals surface area contributed by atoms with Crippen LogP contribution in [0.15, 0.2) is 84.9 Å². The van der Waals surface area contributed by atoms with E-state index in [2.05, 4.69) is 17.1 Å². The number of carbonyl (C=O) groups excluding carboxylic acids is 2. The largest absolute Gasteiger partial charge is 0.335 e. The van der Waals surface area contributed by atoms with Crippen molar-refractivity contribution in [2.45, 2.75) is 13.5 Å². The number of halogens is 1. The number of carbonyl (C=O) groups is 2. The molecule has 1 aromatic heterocycles. The summed E-state index contributed by atoms with van der Waals surface area (Å²) in [5, 5.41) is 3.74. The van der Waals surface area contributed by atoms with Gasteiger partial charge in [-0.1, -0.05) is 49.4 Å². The Kier molecular flexibility index (Phi) is 7.65. The Morgan fingerprint density at radius 1 is 0.921 bits per heavy atom. The molecule has 6 nitrogen and oxygen atoms in total. The molecule has 0 aliphatic carbocycles. The highest BCUT2D eigenvalue weighted by molar-refractivity contribution is 6.04. The molecule has 2 amide bonds. The van der Waals surface area contributed by atoms with Crippen LogP contribution in [-0.4, -0.2) is 58.9 Å². The lowest BCUT2D eigenvalue weighted by molar-refractivity contribution is -0.111. The molecule has 1 aliphatic rings. The number of hydrogen-bond donors (Lipinski definition) is 1. The molecule has 0 atom stereocenters. The predicted molar refractivity (Wildman–Crippen MR) is 150 cm³/mol. The van der Waals surface area contributed by atoms with Crippen LogP contribution in [0.3, 0.4) is 0 Å². The highest BCUT2D eigenvalue weighted by Crippen LogP contribution is 2.26. The van der Waals surface area contributed by atoms with E-state index in [1.807, 2.05) is 70.1 Å². The van der Waals surface area contributed by atoms with Gasteiger partial charge in [0.1, 0.15) is 11.5 Å². The molecule has 1 aliphatic heterocycles. The molecule has 38 heavy (non-hydrogen) atoms. The van der Waals surface area contributed by atoms with Gasteiger partial charge in [0.25, 0.3) is 5.91 Å². The Labute approximate surface area is 222 Å². The molecule has 4 aromatic rings. The van der Waals surface area contributed by atoms with E-state index in [1.54, 1.807) is 12.1 Å². The highest BCUT2D eigenvalue weighted by Gasteiger charge is 2.25. The smallest absolute Gasteiger partial charge is 0.270 e. The Bertz CT molecular complexity index is 1470. The average Bonchev–Trinajstić information content (AvgIpc) is 3.29. The molecule has 194 valence electrons. The van der Waals surface area contributed by atoms with Gasteiger partial charge in [-0.25, -0.2) is 4.39 Å². The van der Waals surface area contributed by atoms with Crippen molar-refractivity contribution in [2.75, 3.05) is 38.0 Å². The lowest BCUT2D eigenvalue weighted by atomic mass is 10.2. The van der Waals surface area contributed by atoms with Gasteiger partial charge in [0, 0.05) is 55.4 Å². The molecule has 2 heterocycles. The third kappa shape index (κ3) is 5.84. The summed E-state index contributed by atoms with van der Waals surface area (Å²) in [4.78, 5) is 30.4. The molecular weight excluding hydrogens is 479 g/mol. The average molecular weight is 511 g/mol. The van der Waals surface area contributed by atoms with Gasteiger partial charge in [0.2, 0.25) is 5.91 Å². The molecule has 0 unspecified atom stereocenters. The first-order valence-electron chi connectivity index (χ1n) is 12.9. The summed E-state index contributed by atoms with van der Waals surface area (Å²) in [6.07, 6.45) is 3.26. The molecule has 0 bridgehead atoms. The zero-order valence-corrected chi connectivity index (χ0v) is 21.4. The van der Waals surface area contributed by atoms with Gasteiger partial charge in [-0.3, -0.25) is 9.59 Å². The van der Waals surface area contributed by atoms with Crippen molar-refractivity contribution < 1.29 is 14.0 Å². The first kappa shape index (κ1) is 25.4. The van der Waals surface area contributed by atoms with E-state index in [0.29, 0.717) is 31.0 Å². The van der Waals surface area contributed by atoms with E-state index in [1.165, 1.54) is 18.2 Å². The highest BCUT2D eigenvalue weighted by atomic mass is 19.1. The Morgan fingerprint density at radius 3 is 2.45 bits per heavy atom. The van der Waals surface area contributed by atoms with Crippen LogP contribution in [-0.2, 0) is 11.3 Å². The van der Waals surface area contributed by atoms with Crippen molar-refractivity contribution in [3.05, 3.63) is 108 Å². The normalized spacial score (nSPS) is 14.3. The molecule has 1 saturated heterocycles. The monoisotopic (exact) mass is 510 g/mol. The Morgan fingerprint density at radius 2 is 1.71 bits per heavy atom. The third-order valence-corrected chi connectivity index (χ3v) is 6.95. The summed E-state index contributed by atoms with van der Waals surface area (Å²) in [5.41, 5.74) is 3.76. The van der Waals surface area contributed by atoms with Gasteiger partial charge in [0.15, 0.2) is 0 Å². The lowest BCUT2D eigenvalue weighted by Gasteiger charge is -2.34. The van der Waals surface area contributed by atoms with E-state index >= 15 is 0 Å². The number of hydrogen-bond acceptors (Lipinski definition) is 3. The molecule has 1 fully saturated rings. The van der Waals surface area contributed by atoms with Crippen molar-refractivity contribution in [3.8, 4) is 0 Å². The summed E-state index contributed by atoms with van der Waals surface area (Å²) in [6, 6.07) is 23.5. The van der Waals surface area contributed by atoms with Gasteiger partial charge in [0.05, 0.1) is 0 Å². The van der Waals surface area contributed by atoms with Gasteiger partial charge in [-0.15, -0.1) is 0 Å². The second kappa shape index (κ2) is 11.4. The molecule has 3 aromatic carbocycles. The maximum atomic E-state index is 13.9. The van der Waals surface area contributed by atoms with Crippen LogP contribution in [0, 0.1) is 5.82 Å². The summed E-state index contributed by atoms with van der Waals surface area (Å²) in [7, 11) is 0. The van der Waals surface area contributed by atoms with E-state index in [-0.39, 0.29) is 17.6 Å². The lowest BCUT2D eigenvalue weighted by Crippen LogP contribution is -2.48. The van der Waals surface area contributed by atoms with E-state index in [4.69, 9.17) is 0 Å². The van der Waals surface area contributed by atoms with Crippen molar-refractivity contribution in [3.63, 3.8) is 0 Å². The van der Waals surface area contributed by atoms with Gasteiger partial charge < -0.3 is 19.7 Å². The minimum absolute atomic E-state index is 0.0373. The fourth-order valence-corrected chi connectivity index (χ4v) is 4.86. The van der Waals surface area contributed by atoms with E-state index < -0.39 is 0 Å². The van der Waals surface area contributed by atoms with Crippen molar-refractivity contribution in [1.82, 2.24) is 14.4 Å². The zero-order valence-electron chi connectivity index (χ0n) is 21.4. The van der Waals surface area contributed by atoms with Crippen LogP contribution in [0.4, 0.5) is 10.1 Å². The summed E-state index contributed by atoms with van der Waals surface area (Å²) in [5.74, 6) is -0.585. The van der Waals surface area contributed by atoms with E-state index in [0.717, 1.165) is 41.7 Å². The van der Waals surface area contributed by atoms with Crippen LogP contribution in [0.25, 0.3) is 17.0 Å². The molecule has 0 saturated carbocycles. The number of fused-ring (bicyclic) bond motifs is 1. The number of benzene rings is 3. The first-order valence-corrected chi connectivity index (χ1v) is 12.9. The fourth-order valence-electron chi connectivity index (χ4n) is 4.86. The second-order valence-corrected chi connectivity index (χ2v) is 9.48. The molecule has 7 heteroatoms. The number of likely N-dealkylation sites (N-methyl/N-ethyl adjacent to an activating group) is 1. The number of nitrogens with zero attached hydrogens (tertiary/aromatic N) is 3. The van der Waals surface area contributed by atoms with Crippen molar-refractivity contribution in [2.24, 2.45) is 0 Å². The predicted octanol–water partition coefficient (Wildman–Crippen LogP) is 5.26. The van der Waals surface area contributed by atoms with Crippen molar-refractivity contribution in [1.29, 1.82) is 0 Å². The minimum atomic E-state index is -0.309. The van der Waals surface area contributed by atoms with Crippen LogP contribution in [0.2, 0.25) is 0 Å². The molecule has 0 spiro atoms. The van der Waals surface area contributed by atoms with Crippen molar-refractivity contribution >= 4 is 34.5 Å². The standard InChI is InChI=1S/C31H31FN4O2/c1-2-34-15-17-35(18-16-34)31(38)29-21-25-20-27(33-30(37)14-11-23-7-4-3-5-8-23)12-13-28(25)36(29)22-24-9-6-10-26(32)19-24/h3-14,19-21H,2,15-18,22H2,1H3,(H,33,37)/b14-11+. The topological polar surface area (TPSA) is 57.6 Å². The van der Waals surface area contributed by atoms with E-state index in [9.17, 15) is 14.0 Å². The quantitative estimate of drug-likeness (QED) is 0.345. The zero-order chi connectivity index (χ0) is 26.5. The van der Waals surface area contributed by atoms with Crippen LogP contribution in [0.5, 0.6) is 0 Å². The van der Waals surface area contributed by atoms with Gasteiger partial charge in [-0.2, -0.15) is 0 Å². The first-order chi connectivity index (χ1) is 18.5. The number of aromatic nitrogens is 1. The van der Waals surface area contributed by atoms with Crippen LogP contribution >= 0.6 is 0 Å². The summed E-state index contributed by atoms with van der Waals surface area (Å²) >= 11 is 0. The molecule has 1 N–H and O–H groups in total. The summed E-state index contributed by atoms with van der Waals surface area (Å²) < 4.78 is 15.9. The third-order valence-electron chi connectivity index (χ3n) is 6.95. The number of nitrogens with one attached hydrogen (secondary N) is 1. The SMILES string of the molecule is CCN1CCN(C(=O)c2cc3cc(NC(=O)/C=C/c4ccccc4)ccc3n2Cc2cccc(F)c2)CC1. The number of piperazine rings is 1. The maximum absolute atomic E-state index is 13.9. The number of anilines is 1. The Hall–Kier alpha value is -4.23.